The second-order valence-electron chi connectivity index (χ2n) is 6.42. The molecule has 118 valence electrons. The van der Waals surface area contributed by atoms with E-state index < -0.39 is 0 Å². The van der Waals surface area contributed by atoms with Gasteiger partial charge >= 0.3 is 0 Å². The van der Waals surface area contributed by atoms with Crippen LogP contribution in [0.1, 0.15) is 11.1 Å². The normalized spacial score (nSPS) is 11.1. The lowest BCUT2D eigenvalue weighted by atomic mass is 9.94. The van der Waals surface area contributed by atoms with Crippen LogP contribution >= 0.6 is 0 Å². The first kappa shape index (κ1) is 14.7. The molecule has 24 heavy (non-hydrogen) atoms. The van der Waals surface area contributed by atoms with E-state index in [0.29, 0.717) is 0 Å². The van der Waals surface area contributed by atoms with E-state index in [0.717, 1.165) is 0 Å². The van der Waals surface area contributed by atoms with Crippen molar-refractivity contribution in [3.05, 3.63) is 84.3 Å². The molecule has 0 aliphatic carbocycles. The van der Waals surface area contributed by atoms with Gasteiger partial charge in [-0.25, -0.2) is 4.57 Å². The van der Waals surface area contributed by atoms with Gasteiger partial charge in [-0.1, -0.05) is 6.07 Å². The minimum atomic E-state index is 1.22. The number of aryl methyl sites for hydroxylation is 2. The maximum absolute atomic E-state index is 2.31. The van der Waals surface area contributed by atoms with Crippen molar-refractivity contribution in [1.29, 1.82) is 0 Å². The molecule has 2 heteroatoms. The molecule has 0 spiro atoms. The highest BCUT2D eigenvalue weighted by Gasteiger charge is 2.15. The molecule has 0 fully saturated rings. The van der Waals surface area contributed by atoms with E-state index >= 15 is 0 Å². The minimum absolute atomic E-state index is 1.22. The van der Waals surface area contributed by atoms with Crippen molar-refractivity contribution in [2.75, 3.05) is 0 Å². The third kappa shape index (κ3) is 2.41. The summed E-state index contributed by atoms with van der Waals surface area (Å²) in [5, 5.41) is 0. The van der Waals surface area contributed by atoms with Gasteiger partial charge in [-0.05, 0) is 72.5 Å². The summed E-state index contributed by atoms with van der Waals surface area (Å²) >= 11 is 0. The Morgan fingerprint density at radius 2 is 1.71 bits per heavy atom. The molecule has 0 aliphatic rings. The molecule has 0 N–H and O–H groups in total. The van der Waals surface area contributed by atoms with Crippen molar-refractivity contribution in [3.8, 4) is 22.4 Å². The van der Waals surface area contributed by atoms with Crippen molar-refractivity contribution >= 4 is 5.52 Å². The first-order chi connectivity index (χ1) is 11.6. The maximum Gasteiger partial charge on any atom is 0.212 e. The second-order valence-corrected chi connectivity index (χ2v) is 6.42. The van der Waals surface area contributed by atoms with E-state index in [4.69, 9.17) is 0 Å². The van der Waals surface area contributed by atoms with Crippen LogP contribution in [-0.2, 0) is 7.05 Å². The number of benzene rings is 1. The minimum Gasteiger partial charge on any atom is -0.324 e. The molecule has 0 saturated heterocycles. The van der Waals surface area contributed by atoms with Crippen LogP contribution < -0.4 is 4.57 Å². The van der Waals surface area contributed by atoms with E-state index in [1.807, 2.05) is 0 Å². The van der Waals surface area contributed by atoms with Gasteiger partial charge in [0.1, 0.15) is 7.05 Å². The van der Waals surface area contributed by atoms with Gasteiger partial charge in [-0.15, -0.1) is 0 Å². The Morgan fingerprint density at radius 1 is 0.833 bits per heavy atom. The molecule has 3 aromatic heterocycles. The van der Waals surface area contributed by atoms with Crippen LogP contribution in [-0.4, -0.2) is 4.40 Å². The Hall–Kier alpha value is -2.87. The topological polar surface area (TPSA) is 8.29 Å². The summed E-state index contributed by atoms with van der Waals surface area (Å²) in [6.07, 6.45) is 6.31. The fourth-order valence-electron chi connectivity index (χ4n) is 3.31. The van der Waals surface area contributed by atoms with Crippen molar-refractivity contribution in [2.24, 2.45) is 7.05 Å². The lowest BCUT2D eigenvalue weighted by Gasteiger charge is -2.12. The Labute approximate surface area is 142 Å². The quantitative estimate of drug-likeness (QED) is 0.474. The molecule has 0 radical (unpaired) electrons. The zero-order valence-electron chi connectivity index (χ0n) is 14.3. The summed E-state index contributed by atoms with van der Waals surface area (Å²) in [7, 11) is 2.10. The molecule has 1 aromatic carbocycles. The predicted molar refractivity (Wildman–Crippen MR) is 98.9 cm³/mol. The van der Waals surface area contributed by atoms with Crippen LogP contribution in [0.15, 0.2) is 73.2 Å². The Morgan fingerprint density at radius 3 is 2.54 bits per heavy atom. The van der Waals surface area contributed by atoms with E-state index in [2.05, 4.69) is 103 Å². The van der Waals surface area contributed by atoms with Gasteiger partial charge in [0.25, 0.3) is 0 Å². The highest BCUT2D eigenvalue weighted by Crippen LogP contribution is 2.30. The van der Waals surface area contributed by atoms with Gasteiger partial charge in [0.15, 0.2) is 6.20 Å². The molecule has 2 nitrogen and oxygen atoms in total. The summed E-state index contributed by atoms with van der Waals surface area (Å²) in [6, 6.07) is 19.6. The third-order valence-corrected chi connectivity index (χ3v) is 4.86. The first-order valence-electron chi connectivity index (χ1n) is 8.27. The number of rotatable bonds is 2. The number of hydrogen-bond donors (Lipinski definition) is 0. The number of hydrogen-bond acceptors (Lipinski definition) is 0. The van der Waals surface area contributed by atoms with Gasteiger partial charge in [0.05, 0.1) is 0 Å². The fraction of sp³-hybridized carbons (Fsp3) is 0.136. The zero-order chi connectivity index (χ0) is 16.7. The van der Waals surface area contributed by atoms with Gasteiger partial charge in [0, 0.05) is 35.6 Å². The Bertz CT molecular complexity index is 1040. The number of aromatic nitrogens is 2. The largest absolute Gasteiger partial charge is 0.324 e. The monoisotopic (exact) mass is 313 g/mol. The molecule has 0 bridgehead atoms. The molecule has 3 heterocycles. The lowest BCUT2D eigenvalue weighted by Crippen LogP contribution is -2.30. The summed E-state index contributed by atoms with van der Waals surface area (Å²) in [5.41, 5.74) is 8.93. The molecule has 0 amide bonds. The second kappa shape index (κ2) is 5.64. The standard InChI is InChI=1S/C22H21N2/c1-16-13-19(18-9-12-24-11-6-7-20(24)14-18)15-21(17(16)2)22-8-4-5-10-23(22)3/h4-15H,1-3H3/q+1. The third-order valence-electron chi connectivity index (χ3n) is 4.86. The average molecular weight is 313 g/mol. The summed E-state index contributed by atoms with van der Waals surface area (Å²) < 4.78 is 4.32. The number of fused-ring (bicyclic) bond motifs is 1. The molecular weight excluding hydrogens is 292 g/mol. The summed E-state index contributed by atoms with van der Waals surface area (Å²) in [4.78, 5) is 0. The van der Waals surface area contributed by atoms with Crippen molar-refractivity contribution in [2.45, 2.75) is 13.8 Å². The van der Waals surface area contributed by atoms with Gasteiger partial charge in [-0.3, -0.25) is 0 Å². The Balaban J connectivity index is 1.92. The zero-order valence-corrected chi connectivity index (χ0v) is 14.3. The fourth-order valence-corrected chi connectivity index (χ4v) is 3.31. The van der Waals surface area contributed by atoms with E-state index in [9.17, 15) is 0 Å². The maximum atomic E-state index is 2.31. The van der Waals surface area contributed by atoms with Crippen LogP contribution in [0, 0.1) is 13.8 Å². The van der Waals surface area contributed by atoms with Crippen molar-refractivity contribution in [3.63, 3.8) is 0 Å². The molecule has 0 aliphatic heterocycles. The smallest absolute Gasteiger partial charge is 0.212 e. The summed E-state index contributed by atoms with van der Waals surface area (Å²) in [6.45, 7) is 4.40. The van der Waals surface area contributed by atoms with E-state index in [1.165, 1.54) is 39.0 Å². The predicted octanol–water partition coefficient (Wildman–Crippen LogP) is 4.71. The molecule has 0 unspecified atom stereocenters. The molecule has 4 aromatic rings. The molecular formula is C22H21N2+. The highest BCUT2D eigenvalue weighted by atomic mass is 14.9. The average Bonchev–Trinajstić information content (AvgIpc) is 3.05. The van der Waals surface area contributed by atoms with Crippen LogP contribution in [0.25, 0.3) is 27.9 Å². The highest BCUT2D eigenvalue weighted by molar-refractivity contribution is 5.76. The van der Waals surface area contributed by atoms with Crippen molar-refractivity contribution in [1.82, 2.24) is 4.40 Å². The summed E-state index contributed by atoms with van der Waals surface area (Å²) in [5.74, 6) is 0. The first-order valence-corrected chi connectivity index (χ1v) is 8.27. The van der Waals surface area contributed by atoms with Crippen LogP contribution in [0.5, 0.6) is 0 Å². The number of nitrogens with zero attached hydrogens (tertiary/aromatic N) is 2. The van der Waals surface area contributed by atoms with Gasteiger partial charge in [-0.2, -0.15) is 0 Å². The van der Waals surface area contributed by atoms with Gasteiger partial charge in [0.2, 0.25) is 5.69 Å². The van der Waals surface area contributed by atoms with Crippen LogP contribution in [0.4, 0.5) is 0 Å². The molecule has 0 atom stereocenters. The molecule has 4 rings (SSSR count). The van der Waals surface area contributed by atoms with Gasteiger partial charge < -0.3 is 4.40 Å². The molecule has 0 saturated carbocycles. The Kier molecular flexibility index (Phi) is 3.46. The van der Waals surface area contributed by atoms with E-state index in [1.54, 1.807) is 0 Å². The lowest BCUT2D eigenvalue weighted by molar-refractivity contribution is -0.660. The van der Waals surface area contributed by atoms with Crippen molar-refractivity contribution < 1.29 is 4.57 Å². The van der Waals surface area contributed by atoms with Crippen LogP contribution in [0.3, 0.4) is 0 Å². The van der Waals surface area contributed by atoms with E-state index in [-0.39, 0.29) is 0 Å². The SMILES string of the molecule is Cc1cc(-c2ccn3cccc3c2)cc(-c2cccc[n+]2C)c1C. The van der Waals surface area contributed by atoms with Crippen LogP contribution in [0.2, 0.25) is 0 Å². The number of pyridine rings is 2.